The van der Waals surface area contributed by atoms with Crippen LogP contribution in [0.1, 0.15) is 65.2 Å². The number of allylic oxidation sites excluding steroid dienone is 4. The first-order chi connectivity index (χ1) is 9.69. The van der Waals surface area contributed by atoms with Gasteiger partial charge in [0.2, 0.25) is 0 Å². The molecule has 0 saturated carbocycles. The van der Waals surface area contributed by atoms with Crippen molar-refractivity contribution in [2.75, 3.05) is 0 Å². The van der Waals surface area contributed by atoms with Gasteiger partial charge in [-0.2, -0.15) is 0 Å². The van der Waals surface area contributed by atoms with E-state index in [4.69, 9.17) is 0 Å². The van der Waals surface area contributed by atoms with E-state index in [2.05, 4.69) is 40.2 Å². The lowest BCUT2D eigenvalue weighted by atomic mass is 9.97. The summed E-state index contributed by atoms with van der Waals surface area (Å²) in [5, 5.41) is 0. The van der Waals surface area contributed by atoms with E-state index >= 15 is 0 Å². The Morgan fingerprint density at radius 2 is 1.00 bits per heavy atom. The third kappa shape index (κ3) is 15.0. The van der Waals surface area contributed by atoms with E-state index in [0.29, 0.717) is 0 Å². The lowest BCUT2D eigenvalue weighted by Crippen LogP contribution is -1.95. The fourth-order valence-corrected chi connectivity index (χ4v) is 2.16. The lowest BCUT2D eigenvalue weighted by molar-refractivity contribution is 0.481. The minimum atomic E-state index is 0.829. The highest BCUT2D eigenvalue weighted by molar-refractivity contribution is 4.76. The number of hydrogen-bond donors (Lipinski definition) is 0. The molecule has 0 aliphatic carbocycles. The van der Waals surface area contributed by atoms with Crippen molar-refractivity contribution in [3.8, 4) is 0 Å². The summed E-state index contributed by atoms with van der Waals surface area (Å²) in [6.07, 6.45) is 17.7. The molecule has 0 bridgehead atoms. The fraction of sp³-hybridized carbons (Fsp3) is 0.600. The van der Waals surface area contributed by atoms with Gasteiger partial charge in [0.25, 0.3) is 0 Å². The van der Waals surface area contributed by atoms with Gasteiger partial charge >= 0.3 is 0 Å². The zero-order valence-corrected chi connectivity index (χ0v) is 13.9. The molecule has 0 radical (unpaired) electrons. The molecule has 0 aromatic carbocycles. The molecule has 2 unspecified atom stereocenters. The van der Waals surface area contributed by atoms with Crippen molar-refractivity contribution < 1.29 is 0 Å². The maximum absolute atomic E-state index is 3.73. The number of rotatable bonds is 12. The van der Waals surface area contributed by atoms with E-state index in [9.17, 15) is 0 Å². The zero-order chi connectivity index (χ0) is 15.6. The highest BCUT2D eigenvalue weighted by Crippen LogP contribution is 2.15. The van der Waals surface area contributed by atoms with E-state index in [1.54, 1.807) is 0 Å². The van der Waals surface area contributed by atoms with Crippen molar-refractivity contribution in [1.82, 2.24) is 0 Å². The van der Waals surface area contributed by atoms with Crippen LogP contribution in [0.25, 0.3) is 0 Å². The summed E-state index contributed by atoms with van der Waals surface area (Å²) in [6, 6.07) is 0. The van der Waals surface area contributed by atoms with Crippen molar-refractivity contribution >= 4 is 0 Å². The molecule has 0 heterocycles. The van der Waals surface area contributed by atoms with Crippen LogP contribution in [0.3, 0.4) is 0 Å². The molecule has 116 valence electrons. The summed E-state index contributed by atoms with van der Waals surface area (Å²) in [5.74, 6) is 1.66. The van der Waals surface area contributed by atoms with E-state index in [0.717, 1.165) is 37.5 Å². The Morgan fingerprint density at radius 3 is 1.20 bits per heavy atom. The molecule has 0 aromatic rings. The van der Waals surface area contributed by atoms with Crippen molar-refractivity contribution in [2.45, 2.75) is 65.2 Å². The molecule has 0 aliphatic rings. The summed E-state index contributed by atoms with van der Waals surface area (Å²) in [4.78, 5) is 0. The topological polar surface area (TPSA) is 0 Å². The zero-order valence-electron chi connectivity index (χ0n) is 13.9. The first-order valence-electron chi connectivity index (χ1n) is 8.13. The minimum absolute atomic E-state index is 0.829. The molecular formula is C20H36. The molecule has 0 saturated heterocycles. The Labute approximate surface area is 128 Å². The van der Waals surface area contributed by atoms with E-state index in [1.807, 2.05) is 24.3 Å². The molecule has 0 aromatic heterocycles. The normalized spacial score (nSPS) is 12.5. The minimum Gasteiger partial charge on any atom is -0.103 e. The van der Waals surface area contributed by atoms with Gasteiger partial charge in [0.1, 0.15) is 0 Å². The third-order valence-electron chi connectivity index (χ3n) is 3.71. The number of hydrogen-bond acceptors (Lipinski definition) is 0. The molecule has 0 aliphatic heterocycles. The average Bonchev–Trinajstić information content (AvgIpc) is 2.48. The van der Waals surface area contributed by atoms with Crippen LogP contribution in [0.4, 0.5) is 0 Å². The van der Waals surface area contributed by atoms with E-state index in [-0.39, 0.29) is 0 Å². The quantitative estimate of drug-likeness (QED) is 0.333. The summed E-state index contributed by atoms with van der Waals surface area (Å²) < 4.78 is 0. The van der Waals surface area contributed by atoms with Gasteiger partial charge < -0.3 is 0 Å². The molecule has 0 fully saturated rings. The van der Waals surface area contributed by atoms with Crippen LogP contribution in [-0.4, -0.2) is 0 Å². The molecule has 20 heavy (non-hydrogen) atoms. The predicted molar refractivity (Wildman–Crippen MR) is 96.1 cm³/mol. The Kier molecular flexibility index (Phi) is 19.1. The summed E-state index contributed by atoms with van der Waals surface area (Å²) in [6.45, 7) is 19.3. The van der Waals surface area contributed by atoms with E-state index < -0.39 is 0 Å². The molecule has 0 nitrogen and oxygen atoms in total. The van der Waals surface area contributed by atoms with Gasteiger partial charge in [0.05, 0.1) is 0 Å². The molecule has 0 heteroatoms. The lowest BCUT2D eigenvalue weighted by Gasteiger charge is -2.09. The summed E-state index contributed by atoms with van der Waals surface area (Å²) >= 11 is 0. The standard InChI is InChI=1S/2C10H18/c2*1-4-7-9-10(6-3)8-5-2/h2*4-5,10H,1-2,6-9H2,3H3. The first kappa shape index (κ1) is 21.3. The van der Waals surface area contributed by atoms with Gasteiger partial charge in [-0.1, -0.05) is 51.0 Å². The van der Waals surface area contributed by atoms with Gasteiger partial charge in [-0.15, -0.1) is 26.3 Å². The van der Waals surface area contributed by atoms with Gasteiger partial charge in [-0.3, -0.25) is 0 Å². The average molecular weight is 277 g/mol. The second-order valence-corrected chi connectivity index (χ2v) is 5.33. The Balaban J connectivity index is 0. The van der Waals surface area contributed by atoms with Crippen LogP contribution in [-0.2, 0) is 0 Å². The first-order valence-corrected chi connectivity index (χ1v) is 8.13. The summed E-state index contributed by atoms with van der Waals surface area (Å²) in [7, 11) is 0. The van der Waals surface area contributed by atoms with Gasteiger partial charge in [-0.05, 0) is 50.4 Å². The van der Waals surface area contributed by atoms with Crippen LogP contribution in [0, 0.1) is 11.8 Å². The van der Waals surface area contributed by atoms with Crippen molar-refractivity contribution in [3.05, 3.63) is 50.6 Å². The Hall–Kier alpha value is -1.04. The molecular weight excluding hydrogens is 240 g/mol. The largest absolute Gasteiger partial charge is 0.103 e. The summed E-state index contributed by atoms with van der Waals surface area (Å²) in [5.41, 5.74) is 0. The Morgan fingerprint density at radius 1 is 0.650 bits per heavy atom. The second-order valence-electron chi connectivity index (χ2n) is 5.33. The van der Waals surface area contributed by atoms with Gasteiger partial charge in [0, 0.05) is 0 Å². The highest BCUT2D eigenvalue weighted by Gasteiger charge is 2.01. The van der Waals surface area contributed by atoms with Crippen LogP contribution in [0.2, 0.25) is 0 Å². The van der Waals surface area contributed by atoms with Crippen molar-refractivity contribution in [3.63, 3.8) is 0 Å². The van der Waals surface area contributed by atoms with E-state index in [1.165, 1.54) is 25.7 Å². The SMILES string of the molecule is C=CCCC(CC)CC=C.C=CCCC(CC)CC=C. The Bertz CT molecular complexity index is 210. The molecule has 2 atom stereocenters. The molecule has 0 amide bonds. The maximum Gasteiger partial charge on any atom is -0.0325 e. The van der Waals surface area contributed by atoms with Crippen LogP contribution in [0.15, 0.2) is 50.6 Å². The van der Waals surface area contributed by atoms with Crippen molar-refractivity contribution in [1.29, 1.82) is 0 Å². The molecule has 0 rings (SSSR count). The van der Waals surface area contributed by atoms with Crippen LogP contribution >= 0.6 is 0 Å². The third-order valence-corrected chi connectivity index (χ3v) is 3.71. The smallest absolute Gasteiger partial charge is 0.0325 e. The monoisotopic (exact) mass is 276 g/mol. The van der Waals surface area contributed by atoms with Gasteiger partial charge in [0.15, 0.2) is 0 Å². The highest BCUT2D eigenvalue weighted by atomic mass is 14.1. The predicted octanol–water partition coefficient (Wildman–Crippen LogP) is 7.11. The van der Waals surface area contributed by atoms with Crippen LogP contribution < -0.4 is 0 Å². The molecule has 0 spiro atoms. The van der Waals surface area contributed by atoms with Gasteiger partial charge in [-0.25, -0.2) is 0 Å². The maximum atomic E-state index is 3.73. The molecule has 0 N–H and O–H groups in total. The fourth-order valence-electron chi connectivity index (χ4n) is 2.16. The van der Waals surface area contributed by atoms with Crippen LogP contribution in [0.5, 0.6) is 0 Å². The second kappa shape index (κ2) is 18.0. The van der Waals surface area contributed by atoms with Crippen molar-refractivity contribution in [2.24, 2.45) is 11.8 Å².